The molecule has 2 aromatic rings. The quantitative estimate of drug-likeness (QED) is 0.792. The molecule has 3 N–H and O–H groups in total. The van der Waals surface area contributed by atoms with E-state index in [-0.39, 0.29) is 11.3 Å². The highest BCUT2D eigenvalue weighted by Crippen LogP contribution is 2.22. The molecule has 19 heavy (non-hydrogen) atoms. The van der Waals surface area contributed by atoms with Crippen molar-refractivity contribution >= 4 is 11.7 Å². The number of aromatic carboxylic acids is 1. The van der Waals surface area contributed by atoms with Gasteiger partial charge in [-0.2, -0.15) is 5.10 Å². The number of anilines is 1. The van der Waals surface area contributed by atoms with E-state index in [1.807, 2.05) is 13.2 Å². The fourth-order valence-electron chi connectivity index (χ4n) is 1.71. The Hall–Kier alpha value is -2.50. The average Bonchev–Trinajstić information content (AvgIpc) is 2.75. The van der Waals surface area contributed by atoms with E-state index < -0.39 is 5.97 Å². The summed E-state index contributed by atoms with van der Waals surface area (Å²) in [5, 5.41) is 13.1. The number of hydrogen-bond acceptors (Lipinski definition) is 4. The number of benzene rings is 1. The molecule has 2 rings (SSSR count). The summed E-state index contributed by atoms with van der Waals surface area (Å²) in [4.78, 5) is 11.0. The lowest BCUT2D eigenvalue weighted by molar-refractivity contribution is 0.0692. The third-order valence-corrected chi connectivity index (χ3v) is 2.64. The number of ether oxygens (including phenoxy) is 1. The molecule has 100 valence electrons. The topological polar surface area (TPSA) is 90.4 Å². The molecule has 0 aliphatic heterocycles. The number of aromatic nitrogens is 2. The van der Waals surface area contributed by atoms with Gasteiger partial charge in [0.15, 0.2) is 0 Å². The Morgan fingerprint density at radius 2 is 2.32 bits per heavy atom. The predicted molar refractivity (Wildman–Crippen MR) is 70.2 cm³/mol. The maximum absolute atomic E-state index is 11.0. The number of carbonyl (C=O) groups is 1. The van der Waals surface area contributed by atoms with Crippen molar-refractivity contribution in [3.8, 4) is 5.75 Å². The van der Waals surface area contributed by atoms with Crippen LogP contribution >= 0.6 is 0 Å². The summed E-state index contributed by atoms with van der Waals surface area (Å²) in [5.74, 6) is -0.743. The summed E-state index contributed by atoms with van der Waals surface area (Å²) >= 11 is 0. The second-order valence-electron chi connectivity index (χ2n) is 4.18. The van der Waals surface area contributed by atoms with Gasteiger partial charge in [-0.1, -0.05) is 0 Å². The number of aryl methyl sites for hydroxylation is 1. The molecule has 6 nitrogen and oxygen atoms in total. The molecule has 0 fully saturated rings. The van der Waals surface area contributed by atoms with Crippen molar-refractivity contribution in [2.75, 3.05) is 12.3 Å². The zero-order valence-electron chi connectivity index (χ0n) is 10.5. The van der Waals surface area contributed by atoms with Gasteiger partial charge < -0.3 is 15.6 Å². The lowest BCUT2D eigenvalue weighted by atomic mass is 10.2. The van der Waals surface area contributed by atoms with Crippen LogP contribution in [0.2, 0.25) is 0 Å². The monoisotopic (exact) mass is 261 g/mol. The third kappa shape index (κ3) is 3.25. The van der Waals surface area contributed by atoms with Gasteiger partial charge in [-0.3, -0.25) is 4.68 Å². The molecular formula is C13H15N3O3. The minimum Gasteiger partial charge on any atom is -0.492 e. The summed E-state index contributed by atoms with van der Waals surface area (Å²) < 4.78 is 7.20. The zero-order valence-corrected chi connectivity index (χ0v) is 10.5. The summed E-state index contributed by atoms with van der Waals surface area (Å²) in [6.07, 6.45) is 4.29. The molecule has 0 aliphatic rings. The number of nitrogens with two attached hydrogens (primary N) is 1. The molecule has 0 bridgehead atoms. The molecule has 6 heteroatoms. The number of carboxylic acids is 1. The number of nitrogen functional groups attached to an aromatic ring is 1. The smallest absolute Gasteiger partial charge is 0.339 e. The Labute approximate surface area is 110 Å². The van der Waals surface area contributed by atoms with Gasteiger partial charge in [0.05, 0.1) is 12.8 Å². The van der Waals surface area contributed by atoms with Crippen LogP contribution in [0.5, 0.6) is 5.75 Å². The second-order valence-corrected chi connectivity index (χ2v) is 4.18. The van der Waals surface area contributed by atoms with E-state index >= 15 is 0 Å². The normalized spacial score (nSPS) is 10.4. The van der Waals surface area contributed by atoms with Crippen molar-refractivity contribution in [1.29, 1.82) is 0 Å². The van der Waals surface area contributed by atoms with E-state index in [0.29, 0.717) is 18.7 Å². The van der Waals surface area contributed by atoms with Crippen LogP contribution in [0.25, 0.3) is 0 Å². The maximum Gasteiger partial charge on any atom is 0.339 e. The summed E-state index contributed by atoms with van der Waals surface area (Å²) in [7, 11) is 1.84. The van der Waals surface area contributed by atoms with E-state index in [4.69, 9.17) is 15.6 Å². The van der Waals surface area contributed by atoms with Crippen LogP contribution in [-0.4, -0.2) is 27.5 Å². The van der Waals surface area contributed by atoms with Gasteiger partial charge in [-0.15, -0.1) is 0 Å². The van der Waals surface area contributed by atoms with E-state index in [1.54, 1.807) is 10.9 Å². The van der Waals surface area contributed by atoms with E-state index in [0.717, 1.165) is 5.56 Å². The van der Waals surface area contributed by atoms with Gasteiger partial charge in [-0.25, -0.2) is 4.79 Å². The van der Waals surface area contributed by atoms with E-state index in [2.05, 4.69) is 5.10 Å². The van der Waals surface area contributed by atoms with Crippen LogP contribution < -0.4 is 10.5 Å². The standard InChI is InChI=1S/C13H15N3O3/c1-16-8-9(7-15-16)4-5-19-12-6-10(14)2-3-11(12)13(17)18/h2-3,6-8H,4-5,14H2,1H3,(H,17,18). The zero-order chi connectivity index (χ0) is 13.8. The highest BCUT2D eigenvalue weighted by atomic mass is 16.5. The fraction of sp³-hybridized carbons (Fsp3) is 0.231. The number of rotatable bonds is 5. The van der Waals surface area contributed by atoms with Gasteiger partial charge in [0.2, 0.25) is 0 Å². The van der Waals surface area contributed by atoms with Crippen LogP contribution in [0, 0.1) is 0 Å². The Kier molecular flexibility index (Phi) is 3.70. The summed E-state index contributed by atoms with van der Waals surface area (Å²) in [6, 6.07) is 4.50. The molecule has 0 radical (unpaired) electrons. The molecule has 0 atom stereocenters. The van der Waals surface area contributed by atoms with Gasteiger partial charge in [0.1, 0.15) is 11.3 Å². The SMILES string of the molecule is Cn1cc(CCOc2cc(N)ccc2C(=O)O)cn1. The molecule has 0 spiro atoms. The van der Waals surface area contributed by atoms with E-state index in [9.17, 15) is 4.79 Å². The lowest BCUT2D eigenvalue weighted by Gasteiger charge is -2.09. The molecule has 0 aliphatic carbocycles. The molecule has 0 amide bonds. The van der Waals surface area contributed by atoms with Crippen LogP contribution in [-0.2, 0) is 13.5 Å². The first kappa shape index (κ1) is 12.9. The molecule has 0 saturated heterocycles. The first-order valence-electron chi connectivity index (χ1n) is 5.79. The van der Waals surface area contributed by atoms with Crippen molar-refractivity contribution in [3.63, 3.8) is 0 Å². The highest BCUT2D eigenvalue weighted by Gasteiger charge is 2.11. The fourth-order valence-corrected chi connectivity index (χ4v) is 1.71. The van der Waals surface area contributed by atoms with Gasteiger partial charge >= 0.3 is 5.97 Å². The van der Waals surface area contributed by atoms with Gasteiger partial charge in [-0.05, 0) is 17.7 Å². The van der Waals surface area contributed by atoms with Gasteiger partial charge in [0, 0.05) is 31.4 Å². The maximum atomic E-state index is 11.0. The van der Waals surface area contributed by atoms with Gasteiger partial charge in [0.25, 0.3) is 0 Å². The Morgan fingerprint density at radius 1 is 1.53 bits per heavy atom. The highest BCUT2D eigenvalue weighted by molar-refractivity contribution is 5.91. The second kappa shape index (κ2) is 5.43. The van der Waals surface area contributed by atoms with Crippen molar-refractivity contribution in [2.24, 2.45) is 7.05 Å². The van der Waals surface area contributed by atoms with Crippen LogP contribution in [0.15, 0.2) is 30.6 Å². The average molecular weight is 261 g/mol. The van der Waals surface area contributed by atoms with Crippen LogP contribution in [0.1, 0.15) is 15.9 Å². The molecule has 0 saturated carbocycles. The third-order valence-electron chi connectivity index (χ3n) is 2.64. The first-order chi connectivity index (χ1) is 9.06. The van der Waals surface area contributed by atoms with Crippen molar-refractivity contribution in [3.05, 3.63) is 41.7 Å². The van der Waals surface area contributed by atoms with E-state index in [1.165, 1.54) is 18.2 Å². The van der Waals surface area contributed by atoms with Crippen molar-refractivity contribution in [1.82, 2.24) is 9.78 Å². The lowest BCUT2D eigenvalue weighted by Crippen LogP contribution is -2.06. The van der Waals surface area contributed by atoms with Crippen LogP contribution in [0.4, 0.5) is 5.69 Å². The molecule has 0 unspecified atom stereocenters. The Morgan fingerprint density at radius 3 is 2.95 bits per heavy atom. The minimum atomic E-state index is -1.03. The molecule has 1 aromatic heterocycles. The molecule has 1 aromatic carbocycles. The Bertz CT molecular complexity index is 593. The van der Waals surface area contributed by atoms with Crippen molar-refractivity contribution < 1.29 is 14.6 Å². The number of nitrogens with zero attached hydrogens (tertiary/aromatic N) is 2. The number of carboxylic acid groups (broad SMARTS) is 1. The number of hydrogen-bond donors (Lipinski definition) is 2. The minimum absolute atomic E-state index is 0.111. The summed E-state index contributed by atoms with van der Waals surface area (Å²) in [5.41, 5.74) is 7.24. The largest absolute Gasteiger partial charge is 0.492 e. The predicted octanol–water partition coefficient (Wildman–Crippen LogP) is 1.32. The molecular weight excluding hydrogens is 246 g/mol. The first-order valence-corrected chi connectivity index (χ1v) is 5.79. The molecule has 1 heterocycles. The Balaban J connectivity index is 2.02. The van der Waals surface area contributed by atoms with Crippen molar-refractivity contribution in [2.45, 2.75) is 6.42 Å². The van der Waals surface area contributed by atoms with Crippen LogP contribution in [0.3, 0.4) is 0 Å². The summed E-state index contributed by atoms with van der Waals surface area (Å²) in [6.45, 7) is 0.370.